The van der Waals surface area contributed by atoms with Crippen molar-refractivity contribution in [3.8, 4) is 0 Å². The monoisotopic (exact) mass is 752 g/mol. The second-order valence-corrected chi connectivity index (χ2v) is 14.1. The first-order valence-corrected chi connectivity index (χ1v) is 20.3. The van der Waals surface area contributed by atoms with Crippen molar-refractivity contribution in [3.63, 3.8) is 0 Å². The van der Waals surface area contributed by atoms with Crippen molar-refractivity contribution in [2.45, 2.75) is 135 Å². The molecule has 0 radical (unpaired) electrons. The second kappa shape index (κ2) is 36.2. The summed E-state index contributed by atoms with van der Waals surface area (Å²) < 4.78 is 17.0. The van der Waals surface area contributed by atoms with Crippen molar-refractivity contribution >= 4 is 17.9 Å². The van der Waals surface area contributed by atoms with Gasteiger partial charge < -0.3 is 28.6 Å². The van der Waals surface area contributed by atoms with Gasteiger partial charge in [0.2, 0.25) is 0 Å². The largest absolute Gasteiger partial charge is 0.544 e. The summed E-state index contributed by atoms with van der Waals surface area (Å²) in [5.41, 5.74) is 0. The highest BCUT2D eigenvalue weighted by Crippen LogP contribution is 2.10. The van der Waals surface area contributed by atoms with Crippen LogP contribution in [0.2, 0.25) is 0 Å². The Kier molecular flexibility index (Phi) is 33.7. The number of nitrogens with zero attached hydrogens (tertiary/aromatic N) is 1. The zero-order valence-corrected chi connectivity index (χ0v) is 34.3. The van der Waals surface area contributed by atoms with E-state index in [1.807, 2.05) is 0 Å². The summed E-state index contributed by atoms with van der Waals surface area (Å²) in [6, 6.07) is -0.742. The van der Waals surface area contributed by atoms with Crippen LogP contribution in [-0.4, -0.2) is 75.5 Å². The zero-order valence-electron chi connectivity index (χ0n) is 34.3. The number of ether oxygens (including phenoxy) is 3. The number of hydrogen-bond donors (Lipinski definition) is 0. The van der Waals surface area contributed by atoms with Crippen LogP contribution in [0.25, 0.3) is 0 Å². The predicted octanol–water partition coefficient (Wildman–Crippen LogP) is 9.40. The number of carboxylic acids is 1. The average molecular weight is 752 g/mol. The Labute approximate surface area is 328 Å². The molecule has 304 valence electrons. The molecule has 0 N–H and O–H groups in total. The van der Waals surface area contributed by atoms with Gasteiger partial charge in [0.1, 0.15) is 12.6 Å². The van der Waals surface area contributed by atoms with Gasteiger partial charge in [-0.05, 0) is 89.9 Å². The van der Waals surface area contributed by atoms with Gasteiger partial charge in [-0.15, -0.1) is 0 Å². The zero-order chi connectivity index (χ0) is 40.0. The fourth-order valence-corrected chi connectivity index (χ4v) is 5.11. The summed E-state index contributed by atoms with van der Waals surface area (Å²) in [4.78, 5) is 36.6. The summed E-state index contributed by atoms with van der Waals surface area (Å²) in [7, 11) is 5.36. The highest BCUT2D eigenvalue weighted by Gasteiger charge is 2.25. The van der Waals surface area contributed by atoms with Crippen molar-refractivity contribution in [2.24, 2.45) is 0 Å². The molecular formula is C46H73NO7. The Bertz CT molecular complexity index is 1200. The Morgan fingerprint density at radius 3 is 1.37 bits per heavy atom. The van der Waals surface area contributed by atoms with Crippen LogP contribution < -0.4 is 5.11 Å². The lowest BCUT2D eigenvalue weighted by Gasteiger charge is -2.34. The van der Waals surface area contributed by atoms with E-state index in [2.05, 4.69) is 111 Å². The highest BCUT2D eigenvalue weighted by molar-refractivity contribution is 5.70. The minimum absolute atomic E-state index is 0.00658. The van der Waals surface area contributed by atoms with E-state index in [1.54, 1.807) is 21.1 Å². The standard InChI is InChI=1S/C46H73NO7/c1-6-8-10-12-14-16-17-18-19-20-21-22-23-24-25-26-27-29-30-32-34-36-44(48)53-41-42(40-52-39-38-43(46(50)51)47(3,4)5)54-45(49)37-35-33-31-28-15-13-11-9-7-2/h8-11,14-16,18-19,21-22,24-25,27-29,42-43H,6-7,12-13,17,20,23,26,30-41H2,1-5H3/b10-8+,11-9+,16-14+,19-18+,22-21+,25-24+,28-15+,29-27+. The van der Waals surface area contributed by atoms with Crippen LogP contribution in [0.15, 0.2) is 97.2 Å². The lowest BCUT2D eigenvalue weighted by atomic mass is 10.1. The van der Waals surface area contributed by atoms with Crippen molar-refractivity contribution in [3.05, 3.63) is 97.2 Å². The number of esters is 2. The molecule has 2 atom stereocenters. The van der Waals surface area contributed by atoms with E-state index in [4.69, 9.17) is 14.2 Å². The molecule has 0 aromatic heterocycles. The van der Waals surface area contributed by atoms with Crippen LogP contribution >= 0.6 is 0 Å². The van der Waals surface area contributed by atoms with Crippen LogP contribution in [0, 0.1) is 0 Å². The number of hydrogen-bond acceptors (Lipinski definition) is 7. The van der Waals surface area contributed by atoms with Crippen LogP contribution in [-0.2, 0) is 28.6 Å². The maximum atomic E-state index is 12.6. The minimum atomic E-state index is -1.14. The van der Waals surface area contributed by atoms with Gasteiger partial charge in [0.25, 0.3) is 0 Å². The average Bonchev–Trinajstić information content (AvgIpc) is 3.12. The third kappa shape index (κ3) is 34.0. The minimum Gasteiger partial charge on any atom is -0.544 e. The number of carboxylic acid groups (broad SMARTS) is 1. The number of likely N-dealkylation sites (N-methyl/N-ethyl adjacent to an activating group) is 1. The lowest BCUT2D eigenvalue weighted by Crippen LogP contribution is -2.55. The molecule has 0 bridgehead atoms. The number of quaternary nitrogens is 1. The number of rotatable bonds is 34. The smallest absolute Gasteiger partial charge is 0.306 e. The molecule has 0 aliphatic carbocycles. The summed E-state index contributed by atoms with van der Waals surface area (Å²) in [6.07, 6.45) is 47.4. The first-order valence-electron chi connectivity index (χ1n) is 20.3. The maximum absolute atomic E-state index is 12.6. The van der Waals surface area contributed by atoms with E-state index in [-0.39, 0.29) is 55.5 Å². The molecule has 0 amide bonds. The quantitative estimate of drug-likeness (QED) is 0.0280. The topological polar surface area (TPSA) is 102 Å². The van der Waals surface area contributed by atoms with Crippen LogP contribution in [0.4, 0.5) is 0 Å². The van der Waals surface area contributed by atoms with Gasteiger partial charge in [-0.25, -0.2) is 0 Å². The summed E-state index contributed by atoms with van der Waals surface area (Å²) in [6.45, 7) is 4.30. The molecule has 8 nitrogen and oxygen atoms in total. The van der Waals surface area contributed by atoms with Crippen molar-refractivity contribution < 1.29 is 38.2 Å². The summed E-state index contributed by atoms with van der Waals surface area (Å²) in [5.74, 6) is -1.86. The summed E-state index contributed by atoms with van der Waals surface area (Å²) >= 11 is 0. The molecule has 0 saturated carbocycles. The van der Waals surface area contributed by atoms with Gasteiger partial charge in [0, 0.05) is 19.3 Å². The molecule has 2 unspecified atom stereocenters. The molecule has 0 fully saturated rings. The molecule has 0 saturated heterocycles. The van der Waals surface area contributed by atoms with Crippen molar-refractivity contribution in [1.82, 2.24) is 0 Å². The van der Waals surface area contributed by atoms with Crippen LogP contribution in [0.5, 0.6) is 0 Å². The first kappa shape index (κ1) is 50.2. The number of unbranched alkanes of at least 4 members (excludes halogenated alkanes) is 4. The first-order chi connectivity index (χ1) is 26.1. The predicted molar refractivity (Wildman–Crippen MR) is 221 cm³/mol. The second-order valence-electron chi connectivity index (χ2n) is 14.1. The molecule has 0 aromatic carbocycles. The van der Waals surface area contributed by atoms with E-state index in [0.717, 1.165) is 77.0 Å². The fourth-order valence-electron chi connectivity index (χ4n) is 5.11. The number of aliphatic carboxylic acids is 1. The fraction of sp³-hybridized carbons (Fsp3) is 0.587. The van der Waals surface area contributed by atoms with E-state index in [0.29, 0.717) is 12.8 Å². The Morgan fingerprint density at radius 1 is 0.556 bits per heavy atom. The van der Waals surface area contributed by atoms with Crippen LogP contribution in [0.3, 0.4) is 0 Å². The Hall–Kier alpha value is -3.75. The summed E-state index contributed by atoms with van der Waals surface area (Å²) in [5, 5.41) is 11.6. The highest BCUT2D eigenvalue weighted by atomic mass is 16.6. The van der Waals surface area contributed by atoms with Gasteiger partial charge in [0.15, 0.2) is 6.10 Å². The number of allylic oxidation sites excluding steroid dienone is 16. The third-order valence-corrected chi connectivity index (χ3v) is 8.22. The molecule has 0 spiro atoms. The molecule has 0 aliphatic rings. The Balaban J connectivity index is 4.44. The normalized spacial score (nSPS) is 14.0. The molecule has 0 aromatic rings. The van der Waals surface area contributed by atoms with Crippen molar-refractivity contribution in [2.75, 3.05) is 41.0 Å². The molecule has 8 heteroatoms. The van der Waals surface area contributed by atoms with E-state index >= 15 is 0 Å². The van der Waals surface area contributed by atoms with Crippen molar-refractivity contribution in [1.29, 1.82) is 0 Å². The van der Waals surface area contributed by atoms with E-state index in [9.17, 15) is 19.5 Å². The molecule has 0 heterocycles. The van der Waals surface area contributed by atoms with E-state index in [1.165, 1.54) is 0 Å². The molecule has 0 aliphatic heterocycles. The van der Waals surface area contributed by atoms with Gasteiger partial charge in [-0.1, -0.05) is 111 Å². The molecule has 54 heavy (non-hydrogen) atoms. The number of carbonyl (C=O) groups excluding carboxylic acids is 3. The third-order valence-electron chi connectivity index (χ3n) is 8.22. The van der Waals surface area contributed by atoms with Gasteiger partial charge in [-0.2, -0.15) is 0 Å². The maximum Gasteiger partial charge on any atom is 0.306 e. The lowest BCUT2D eigenvalue weighted by molar-refractivity contribution is -0.889. The molecular weight excluding hydrogens is 679 g/mol. The van der Waals surface area contributed by atoms with Gasteiger partial charge in [-0.3, -0.25) is 9.59 Å². The van der Waals surface area contributed by atoms with Crippen LogP contribution in [0.1, 0.15) is 123 Å². The molecule has 0 rings (SSSR count). The SMILES string of the molecule is CC/C=C/C/C=C/C/C=C/C/C=C/C/C=C/C/C=C/CCCCC(=O)OCC(COCCC(C(=O)[O-])[N+](C)(C)C)OC(=O)CCCC/C=C/C/C=C/CC. The van der Waals surface area contributed by atoms with Gasteiger partial charge in [0.05, 0.1) is 40.3 Å². The number of carbonyl (C=O) groups is 3. The Morgan fingerprint density at radius 2 is 0.963 bits per heavy atom. The van der Waals surface area contributed by atoms with Gasteiger partial charge >= 0.3 is 11.9 Å². The van der Waals surface area contributed by atoms with E-state index < -0.39 is 18.1 Å².